The second kappa shape index (κ2) is 5.18. The number of aryl methyl sites for hydroxylation is 1. The zero-order valence-electron chi connectivity index (χ0n) is 10.5. The van der Waals surface area contributed by atoms with E-state index in [2.05, 4.69) is 15.7 Å². The molecule has 0 radical (unpaired) electrons. The van der Waals surface area contributed by atoms with Gasteiger partial charge in [0.15, 0.2) is 0 Å². The number of likely N-dealkylation sites (N-methyl/N-ethyl adjacent to an activating group) is 1. The summed E-state index contributed by atoms with van der Waals surface area (Å²) in [6.45, 7) is 1.66. The first-order valence-electron chi connectivity index (χ1n) is 5.86. The molecule has 0 aliphatic carbocycles. The largest absolute Gasteiger partial charge is 0.357 e. The smallest absolute Gasteiger partial charge is 0.275 e. The molecule has 2 N–H and O–H groups in total. The van der Waals surface area contributed by atoms with Crippen LogP contribution in [0.25, 0.3) is 0 Å². The molecule has 18 heavy (non-hydrogen) atoms. The first-order chi connectivity index (χ1) is 8.63. The van der Waals surface area contributed by atoms with Crippen LogP contribution in [-0.4, -0.2) is 59.2 Å². The molecule has 1 saturated heterocycles. The highest BCUT2D eigenvalue weighted by molar-refractivity contribution is 5.96. The van der Waals surface area contributed by atoms with Gasteiger partial charge >= 0.3 is 0 Å². The van der Waals surface area contributed by atoms with Crippen molar-refractivity contribution in [2.75, 3.05) is 26.7 Å². The lowest BCUT2D eigenvalue weighted by molar-refractivity contribution is -0.125. The lowest BCUT2D eigenvalue weighted by Gasteiger charge is -2.34. The van der Waals surface area contributed by atoms with Crippen LogP contribution in [0, 0.1) is 0 Å². The molecule has 2 heterocycles. The van der Waals surface area contributed by atoms with E-state index in [-0.39, 0.29) is 11.8 Å². The fourth-order valence-electron chi connectivity index (χ4n) is 2.02. The van der Waals surface area contributed by atoms with Crippen molar-refractivity contribution in [3.8, 4) is 0 Å². The van der Waals surface area contributed by atoms with Crippen molar-refractivity contribution in [1.29, 1.82) is 0 Å². The summed E-state index contributed by atoms with van der Waals surface area (Å²) in [6, 6.07) is 1.18. The average molecular weight is 251 g/mol. The Morgan fingerprint density at radius 3 is 2.94 bits per heavy atom. The van der Waals surface area contributed by atoms with E-state index in [0.717, 1.165) is 0 Å². The number of hydrogen-bond donors (Lipinski definition) is 2. The van der Waals surface area contributed by atoms with Gasteiger partial charge in [-0.3, -0.25) is 14.3 Å². The molecule has 2 rings (SSSR count). The van der Waals surface area contributed by atoms with E-state index in [1.807, 2.05) is 0 Å². The Kier molecular flexibility index (Phi) is 3.61. The first-order valence-corrected chi connectivity index (χ1v) is 5.86. The molecule has 0 bridgehead atoms. The Balaban J connectivity index is 2.18. The fraction of sp³-hybridized carbons (Fsp3) is 0.545. The van der Waals surface area contributed by atoms with Crippen LogP contribution >= 0.6 is 0 Å². The van der Waals surface area contributed by atoms with Crippen molar-refractivity contribution < 1.29 is 9.59 Å². The molecule has 1 aromatic rings. The highest BCUT2D eigenvalue weighted by atomic mass is 16.2. The number of aromatic nitrogens is 2. The van der Waals surface area contributed by atoms with E-state index in [1.165, 1.54) is 0 Å². The minimum atomic E-state index is -0.474. The Morgan fingerprint density at radius 2 is 2.33 bits per heavy atom. The van der Waals surface area contributed by atoms with Crippen molar-refractivity contribution in [3.63, 3.8) is 0 Å². The molecule has 2 amide bonds. The van der Waals surface area contributed by atoms with E-state index in [4.69, 9.17) is 0 Å². The number of hydrogen-bond acceptors (Lipinski definition) is 4. The highest BCUT2D eigenvalue weighted by Gasteiger charge is 2.32. The van der Waals surface area contributed by atoms with Crippen LogP contribution in [-0.2, 0) is 11.8 Å². The standard InChI is InChI=1S/C11H17N5O2/c1-12-10(17)9-7-13-4-6-16(9)11(18)8-3-5-15(2)14-8/h3,5,9,13H,4,6-7H2,1-2H3,(H,12,17). The Hall–Kier alpha value is -1.89. The van der Waals surface area contributed by atoms with Crippen LogP contribution in [0.1, 0.15) is 10.5 Å². The summed E-state index contributed by atoms with van der Waals surface area (Å²) >= 11 is 0. The van der Waals surface area contributed by atoms with E-state index >= 15 is 0 Å². The number of nitrogens with zero attached hydrogens (tertiary/aromatic N) is 3. The van der Waals surface area contributed by atoms with Gasteiger partial charge in [-0.2, -0.15) is 5.10 Å². The second-order valence-electron chi connectivity index (χ2n) is 4.21. The van der Waals surface area contributed by atoms with Crippen molar-refractivity contribution in [1.82, 2.24) is 25.3 Å². The molecule has 7 heteroatoms. The molecule has 1 atom stereocenters. The third-order valence-electron chi connectivity index (χ3n) is 2.99. The molecule has 1 aliphatic rings. The summed E-state index contributed by atoms with van der Waals surface area (Å²) in [5.74, 6) is -0.364. The molecule has 1 fully saturated rings. The SMILES string of the molecule is CNC(=O)C1CNCCN1C(=O)c1ccn(C)n1. The van der Waals surface area contributed by atoms with Gasteiger partial charge in [-0.1, -0.05) is 0 Å². The summed E-state index contributed by atoms with van der Waals surface area (Å²) in [5, 5.41) is 9.77. The van der Waals surface area contributed by atoms with Crippen LogP contribution < -0.4 is 10.6 Å². The van der Waals surface area contributed by atoms with Gasteiger partial charge in [0, 0.05) is 39.9 Å². The van der Waals surface area contributed by atoms with E-state index in [9.17, 15) is 9.59 Å². The van der Waals surface area contributed by atoms with Crippen LogP contribution in [0.4, 0.5) is 0 Å². The fourth-order valence-corrected chi connectivity index (χ4v) is 2.02. The van der Waals surface area contributed by atoms with Crippen molar-refractivity contribution in [2.24, 2.45) is 7.05 Å². The van der Waals surface area contributed by atoms with Crippen molar-refractivity contribution in [3.05, 3.63) is 18.0 Å². The normalized spacial score (nSPS) is 19.7. The van der Waals surface area contributed by atoms with Gasteiger partial charge in [-0.15, -0.1) is 0 Å². The highest BCUT2D eigenvalue weighted by Crippen LogP contribution is 2.09. The molecule has 98 valence electrons. The molecule has 7 nitrogen and oxygen atoms in total. The van der Waals surface area contributed by atoms with Crippen LogP contribution in [0.15, 0.2) is 12.3 Å². The molecular weight excluding hydrogens is 234 g/mol. The lowest BCUT2D eigenvalue weighted by atomic mass is 10.1. The Labute approximate surface area is 105 Å². The molecule has 0 aromatic carbocycles. The number of carbonyl (C=O) groups excluding carboxylic acids is 2. The maximum atomic E-state index is 12.3. The number of nitrogens with one attached hydrogen (secondary N) is 2. The predicted molar refractivity (Wildman–Crippen MR) is 65.0 cm³/mol. The van der Waals surface area contributed by atoms with Gasteiger partial charge in [0.25, 0.3) is 5.91 Å². The van der Waals surface area contributed by atoms with Gasteiger partial charge in [0.2, 0.25) is 5.91 Å². The monoisotopic (exact) mass is 251 g/mol. The zero-order chi connectivity index (χ0) is 13.1. The van der Waals surface area contributed by atoms with Gasteiger partial charge in [-0.05, 0) is 6.07 Å². The maximum Gasteiger partial charge on any atom is 0.275 e. The lowest BCUT2D eigenvalue weighted by Crippen LogP contribution is -2.59. The Bertz CT molecular complexity index is 456. The summed E-state index contributed by atoms with van der Waals surface area (Å²) in [5.41, 5.74) is 0.369. The number of amides is 2. The maximum absolute atomic E-state index is 12.3. The van der Waals surface area contributed by atoms with E-state index in [0.29, 0.717) is 25.3 Å². The molecule has 1 unspecified atom stereocenters. The summed E-state index contributed by atoms with van der Waals surface area (Å²) in [6.07, 6.45) is 1.71. The average Bonchev–Trinajstić information content (AvgIpc) is 2.83. The number of piperazine rings is 1. The third kappa shape index (κ3) is 2.35. The summed E-state index contributed by atoms with van der Waals surface area (Å²) < 4.78 is 1.57. The summed E-state index contributed by atoms with van der Waals surface area (Å²) in [7, 11) is 3.32. The van der Waals surface area contributed by atoms with Crippen LogP contribution in [0.2, 0.25) is 0 Å². The van der Waals surface area contributed by atoms with Gasteiger partial charge in [0.05, 0.1) is 0 Å². The summed E-state index contributed by atoms with van der Waals surface area (Å²) in [4.78, 5) is 25.6. The predicted octanol–water partition coefficient (Wildman–Crippen LogP) is -1.42. The third-order valence-corrected chi connectivity index (χ3v) is 2.99. The minimum absolute atomic E-state index is 0.161. The van der Waals surface area contributed by atoms with Gasteiger partial charge in [0.1, 0.15) is 11.7 Å². The number of rotatable bonds is 2. The second-order valence-corrected chi connectivity index (χ2v) is 4.21. The first kappa shape index (κ1) is 12.6. The van der Waals surface area contributed by atoms with Gasteiger partial charge in [-0.25, -0.2) is 0 Å². The molecule has 0 saturated carbocycles. The molecule has 1 aliphatic heterocycles. The Morgan fingerprint density at radius 1 is 1.56 bits per heavy atom. The molecule has 1 aromatic heterocycles. The van der Waals surface area contributed by atoms with Gasteiger partial charge < -0.3 is 15.5 Å². The number of carbonyl (C=O) groups is 2. The topological polar surface area (TPSA) is 79.3 Å². The van der Waals surface area contributed by atoms with E-state index < -0.39 is 6.04 Å². The molecule has 0 spiro atoms. The van der Waals surface area contributed by atoms with Crippen LogP contribution in [0.3, 0.4) is 0 Å². The van der Waals surface area contributed by atoms with E-state index in [1.54, 1.807) is 35.9 Å². The minimum Gasteiger partial charge on any atom is -0.357 e. The van der Waals surface area contributed by atoms with Crippen molar-refractivity contribution >= 4 is 11.8 Å². The molecular formula is C11H17N5O2. The quantitative estimate of drug-likeness (QED) is 0.676. The van der Waals surface area contributed by atoms with Crippen molar-refractivity contribution in [2.45, 2.75) is 6.04 Å². The van der Waals surface area contributed by atoms with Crippen LogP contribution in [0.5, 0.6) is 0 Å². The zero-order valence-corrected chi connectivity index (χ0v) is 10.5.